The van der Waals surface area contributed by atoms with E-state index in [1.54, 1.807) is 17.5 Å². The molecule has 1 N–H and O–H groups in total. The van der Waals surface area contributed by atoms with Gasteiger partial charge in [-0.05, 0) is 6.92 Å². The number of aromatic nitrogens is 1. The molecule has 0 aromatic carbocycles. The monoisotopic (exact) mass is 184 g/mol. The minimum Gasteiger partial charge on any atom is -0.347 e. The third-order valence-electron chi connectivity index (χ3n) is 1.52. The van der Waals surface area contributed by atoms with Crippen molar-refractivity contribution < 1.29 is 4.79 Å². The van der Waals surface area contributed by atoms with E-state index in [4.69, 9.17) is 0 Å². The van der Waals surface area contributed by atoms with Crippen LogP contribution in [0.25, 0.3) is 0 Å². The Balaban J connectivity index is 2.49. The molecule has 0 fully saturated rings. The van der Waals surface area contributed by atoms with Crippen LogP contribution < -0.4 is 5.32 Å². The fourth-order valence-electron chi connectivity index (χ4n) is 0.854. The van der Waals surface area contributed by atoms with E-state index in [0.717, 1.165) is 5.01 Å². The highest BCUT2D eigenvalue weighted by Gasteiger charge is 2.09. The van der Waals surface area contributed by atoms with Crippen LogP contribution in [0.1, 0.15) is 31.3 Å². The van der Waals surface area contributed by atoms with E-state index in [2.05, 4.69) is 10.3 Å². The van der Waals surface area contributed by atoms with Gasteiger partial charge < -0.3 is 5.32 Å². The summed E-state index contributed by atoms with van der Waals surface area (Å²) in [6.45, 7) is 3.77. The summed E-state index contributed by atoms with van der Waals surface area (Å²) in [5.41, 5.74) is 0. The van der Waals surface area contributed by atoms with Gasteiger partial charge in [0.15, 0.2) is 0 Å². The van der Waals surface area contributed by atoms with Gasteiger partial charge in [-0.2, -0.15) is 0 Å². The molecule has 4 heteroatoms. The van der Waals surface area contributed by atoms with Gasteiger partial charge in [0.25, 0.3) is 0 Å². The lowest BCUT2D eigenvalue weighted by Crippen LogP contribution is -2.25. The number of nitrogens with zero attached hydrogens (tertiary/aromatic N) is 1. The van der Waals surface area contributed by atoms with E-state index >= 15 is 0 Å². The molecule has 1 aromatic rings. The molecular formula is C8H12N2OS. The second-order valence-corrected chi connectivity index (χ2v) is 3.44. The van der Waals surface area contributed by atoms with Crippen molar-refractivity contribution in [3.8, 4) is 0 Å². The number of nitrogens with one attached hydrogen (secondary N) is 1. The molecule has 1 amide bonds. The molecule has 3 nitrogen and oxygen atoms in total. The van der Waals surface area contributed by atoms with Crippen LogP contribution in [0.2, 0.25) is 0 Å². The molecule has 1 aromatic heterocycles. The van der Waals surface area contributed by atoms with Crippen molar-refractivity contribution in [3.63, 3.8) is 0 Å². The molecule has 0 spiro atoms. The summed E-state index contributed by atoms with van der Waals surface area (Å²) >= 11 is 1.56. The number of carbonyl (C=O) groups excluding carboxylic acids is 1. The van der Waals surface area contributed by atoms with E-state index in [9.17, 15) is 4.79 Å². The highest BCUT2D eigenvalue weighted by atomic mass is 32.1. The third kappa shape index (κ3) is 2.30. The summed E-state index contributed by atoms with van der Waals surface area (Å²) < 4.78 is 0. The zero-order valence-electron chi connectivity index (χ0n) is 7.20. The summed E-state index contributed by atoms with van der Waals surface area (Å²) in [4.78, 5) is 15.1. The van der Waals surface area contributed by atoms with Crippen LogP contribution in [0.5, 0.6) is 0 Å². The second-order valence-electron chi connectivity index (χ2n) is 2.51. The highest BCUT2D eigenvalue weighted by Crippen LogP contribution is 2.14. The maximum Gasteiger partial charge on any atom is 0.220 e. The molecule has 0 aliphatic carbocycles. The van der Waals surface area contributed by atoms with E-state index in [1.165, 1.54) is 0 Å². The summed E-state index contributed by atoms with van der Waals surface area (Å²) in [7, 11) is 0. The maximum absolute atomic E-state index is 11.0. The molecule has 1 rings (SSSR count). The van der Waals surface area contributed by atoms with Crippen LogP contribution in [-0.4, -0.2) is 10.9 Å². The van der Waals surface area contributed by atoms with Gasteiger partial charge in [0.1, 0.15) is 5.01 Å². The van der Waals surface area contributed by atoms with Crippen LogP contribution in [0.3, 0.4) is 0 Å². The first kappa shape index (κ1) is 9.19. The van der Waals surface area contributed by atoms with E-state index in [-0.39, 0.29) is 11.9 Å². The van der Waals surface area contributed by atoms with Gasteiger partial charge in [-0.15, -0.1) is 11.3 Å². The fraction of sp³-hybridized carbons (Fsp3) is 0.500. The molecule has 12 heavy (non-hydrogen) atoms. The molecular weight excluding hydrogens is 172 g/mol. The van der Waals surface area contributed by atoms with Crippen LogP contribution in [0.4, 0.5) is 0 Å². The van der Waals surface area contributed by atoms with Gasteiger partial charge in [-0.1, -0.05) is 6.92 Å². The second kappa shape index (κ2) is 4.21. The van der Waals surface area contributed by atoms with Gasteiger partial charge >= 0.3 is 0 Å². The topological polar surface area (TPSA) is 42.0 Å². The molecule has 0 aliphatic heterocycles. The van der Waals surface area contributed by atoms with E-state index < -0.39 is 0 Å². The molecule has 0 aliphatic rings. The summed E-state index contributed by atoms with van der Waals surface area (Å²) in [5, 5.41) is 5.70. The molecule has 1 heterocycles. The highest BCUT2D eigenvalue weighted by molar-refractivity contribution is 7.09. The minimum absolute atomic E-state index is 0.0393. The number of hydrogen-bond acceptors (Lipinski definition) is 3. The lowest BCUT2D eigenvalue weighted by Gasteiger charge is -2.09. The Morgan fingerprint density at radius 1 is 1.83 bits per heavy atom. The van der Waals surface area contributed by atoms with Crippen LogP contribution in [0.15, 0.2) is 11.6 Å². The van der Waals surface area contributed by atoms with Crippen LogP contribution in [-0.2, 0) is 4.79 Å². The Morgan fingerprint density at radius 3 is 3.08 bits per heavy atom. The number of amides is 1. The molecule has 0 bridgehead atoms. The lowest BCUT2D eigenvalue weighted by atomic mass is 10.3. The van der Waals surface area contributed by atoms with E-state index in [0.29, 0.717) is 6.42 Å². The SMILES string of the molecule is CCC(=O)NC(C)c1nccs1. The average molecular weight is 184 g/mol. The average Bonchev–Trinajstić information content (AvgIpc) is 2.56. The largest absolute Gasteiger partial charge is 0.347 e. The quantitative estimate of drug-likeness (QED) is 0.777. The molecule has 66 valence electrons. The van der Waals surface area contributed by atoms with Crippen molar-refractivity contribution in [1.29, 1.82) is 0 Å². The Hall–Kier alpha value is -0.900. The zero-order valence-corrected chi connectivity index (χ0v) is 8.02. The molecule has 0 saturated heterocycles. The molecule has 0 saturated carbocycles. The standard InChI is InChI=1S/C8H12N2OS/c1-3-7(11)10-6(2)8-9-4-5-12-8/h4-6H,3H2,1-2H3,(H,10,11). The van der Waals surface area contributed by atoms with Crippen molar-refractivity contribution >= 4 is 17.2 Å². The van der Waals surface area contributed by atoms with Crippen molar-refractivity contribution in [2.24, 2.45) is 0 Å². The van der Waals surface area contributed by atoms with Gasteiger partial charge in [-0.25, -0.2) is 4.98 Å². The first-order chi connectivity index (χ1) is 5.74. The summed E-state index contributed by atoms with van der Waals surface area (Å²) in [6.07, 6.45) is 2.27. The van der Waals surface area contributed by atoms with Gasteiger partial charge in [0.05, 0.1) is 6.04 Å². The Morgan fingerprint density at radius 2 is 2.58 bits per heavy atom. The van der Waals surface area contributed by atoms with Crippen molar-refractivity contribution in [2.75, 3.05) is 0 Å². The zero-order chi connectivity index (χ0) is 8.97. The number of thiazole rings is 1. The first-order valence-electron chi connectivity index (χ1n) is 3.92. The van der Waals surface area contributed by atoms with Crippen molar-refractivity contribution in [3.05, 3.63) is 16.6 Å². The Labute approximate surface area is 75.8 Å². The molecule has 0 radical (unpaired) electrons. The Kier molecular flexibility index (Phi) is 3.22. The first-order valence-corrected chi connectivity index (χ1v) is 4.80. The number of carbonyl (C=O) groups is 1. The fourth-order valence-corrected chi connectivity index (χ4v) is 1.50. The van der Waals surface area contributed by atoms with Gasteiger partial charge in [0.2, 0.25) is 5.91 Å². The van der Waals surface area contributed by atoms with Crippen LogP contribution >= 0.6 is 11.3 Å². The van der Waals surface area contributed by atoms with Crippen LogP contribution in [0, 0.1) is 0 Å². The minimum atomic E-state index is 0.0393. The smallest absolute Gasteiger partial charge is 0.220 e. The molecule has 1 atom stereocenters. The number of hydrogen-bond donors (Lipinski definition) is 1. The lowest BCUT2D eigenvalue weighted by molar-refractivity contribution is -0.121. The Bertz CT molecular complexity index is 246. The maximum atomic E-state index is 11.0. The normalized spacial score (nSPS) is 12.5. The van der Waals surface area contributed by atoms with E-state index in [1.807, 2.05) is 19.2 Å². The van der Waals surface area contributed by atoms with Gasteiger partial charge in [-0.3, -0.25) is 4.79 Å². The third-order valence-corrected chi connectivity index (χ3v) is 2.48. The number of rotatable bonds is 3. The summed E-state index contributed by atoms with van der Waals surface area (Å²) in [5.74, 6) is 0.0673. The predicted molar refractivity (Wildman–Crippen MR) is 49.0 cm³/mol. The van der Waals surface area contributed by atoms with Crippen molar-refractivity contribution in [2.45, 2.75) is 26.3 Å². The van der Waals surface area contributed by atoms with Crippen molar-refractivity contribution in [1.82, 2.24) is 10.3 Å². The molecule has 1 unspecified atom stereocenters. The predicted octanol–water partition coefficient (Wildman–Crippen LogP) is 1.73. The van der Waals surface area contributed by atoms with Gasteiger partial charge in [0, 0.05) is 18.0 Å². The summed E-state index contributed by atoms with van der Waals surface area (Å²) in [6, 6.07) is 0.0393.